The zero-order chi connectivity index (χ0) is 21.6. The molecule has 0 bridgehead atoms. The van der Waals surface area contributed by atoms with Crippen molar-refractivity contribution in [3.05, 3.63) is 66.2 Å². The van der Waals surface area contributed by atoms with Crippen molar-refractivity contribution in [1.82, 2.24) is 14.9 Å². The molecule has 0 aliphatic heterocycles. The lowest BCUT2D eigenvalue weighted by Gasteiger charge is -2.09. The van der Waals surface area contributed by atoms with Crippen LogP contribution in [0.25, 0.3) is 11.3 Å². The van der Waals surface area contributed by atoms with Crippen LogP contribution in [-0.4, -0.2) is 38.4 Å². The molecule has 1 heterocycles. The smallest absolute Gasteiger partial charge is 0.243 e. The van der Waals surface area contributed by atoms with Crippen molar-refractivity contribution in [3.63, 3.8) is 0 Å². The number of ether oxygens (including phenoxy) is 2. The molecule has 0 amide bonds. The van der Waals surface area contributed by atoms with E-state index in [9.17, 15) is 17.2 Å². The summed E-state index contributed by atoms with van der Waals surface area (Å²) in [4.78, 5) is -0.636. The fourth-order valence-electron chi connectivity index (χ4n) is 2.54. The first-order valence-electron chi connectivity index (χ1n) is 9.03. The lowest BCUT2D eigenvalue weighted by Crippen LogP contribution is -2.29. The van der Waals surface area contributed by atoms with Gasteiger partial charge in [0.1, 0.15) is 28.9 Å². The number of rotatable bonds is 9. The van der Waals surface area contributed by atoms with E-state index in [1.54, 1.807) is 12.1 Å². The Morgan fingerprint density at radius 3 is 2.37 bits per heavy atom. The van der Waals surface area contributed by atoms with Gasteiger partial charge in [-0.15, -0.1) is 10.2 Å². The Balaban J connectivity index is 1.53. The van der Waals surface area contributed by atoms with Crippen LogP contribution in [0.5, 0.6) is 11.6 Å². The van der Waals surface area contributed by atoms with Crippen LogP contribution < -0.4 is 14.2 Å². The molecule has 7 nitrogen and oxygen atoms in total. The van der Waals surface area contributed by atoms with E-state index in [0.29, 0.717) is 18.4 Å². The van der Waals surface area contributed by atoms with Gasteiger partial charge in [-0.2, -0.15) is 0 Å². The number of sulfonamides is 1. The van der Waals surface area contributed by atoms with Crippen LogP contribution in [0.3, 0.4) is 0 Å². The average Bonchev–Trinajstić information content (AvgIpc) is 2.72. The quantitative estimate of drug-likeness (QED) is 0.519. The molecular weight excluding hydrogens is 416 g/mol. The summed E-state index contributed by atoms with van der Waals surface area (Å²) in [6.45, 7) is 2.30. The lowest BCUT2D eigenvalue weighted by atomic mass is 10.1. The van der Waals surface area contributed by atoms with Gasteiger partial charge >= 0.3 is 0 Å². The molecule has 0 radical (unpaired) electrons. The molecule has 3 rings (SSSR count). The summed E-state index contributed by atoms with van der Waals surface area (Å²) in [5.74, 6) is -1.06. The maximum atomic E-state index is 13.6. The zero-order valence-electron chi connectivity index (χ0n) is 16.0. The number of nitrogens with one attached hydrogen (secondary N) is 1. The molecule has 2 aromatic carbocycles. The largest absolute Gasteiger partial charge is 0.494 e. The number of hydrogen-bond donors (Lipinski definition) is 1. The first-order chi connectivity index (χ1) is 14.4. The highest BCUT2D eigenvalue weighted by molar-refractivity contribution is 7.89. The molecule has 0 atom stereocenters. The maximum Gasteiger partial charge on any atom is 0.243 e. The molecule has 1 aromatic heterocycles. The van der Waals surface area contributed by atoms with Crippen molar-refractivity contribution in [2.75, 3.05) is 19.8 Å². The van der Waals surface area contributed by atoms with Crippen molar-refractivity contribution in [3.8, 4) is 22.9 Å². The third kappa shape index (κ3) is 5.49. The van der Waals surface area contributed by atoms with Crippen LogP contribution >= 0.6 is 0 Å². The molecule has 30 heavy (non-hydrogen) atoms. The van der Waals surface area contributed by atoms with E-state index < -0.39 is 26.6 Å². The number of benzene rings is 2. The normalized spacial score (nSPS) is 11.3. The van der Waals surface area contributed by atoms with Gasteiger partial charge in [-0.1, -0.05) is 0 Å². The van der Waals surface area contributed by atoms with Gasteiger partial charge in [0.05, 0.1) is 12.3 Å². The molecule has 0 saturated carbocycles. The van der Waals surface area contributed by atoms with E-state index >= 15 is 0 Å². The third-order valence-electron chi connectivity index (χ3n) is 3.93. The Morgan fingerprint density at radius 1 is 0.967 bits per heavy atom. The predicted octanol–water partition coefficient (Wildman–Crippen LogP) is 3.18. The predicted molar refractivity (Wildman–Crippen MR) is 106 cm³/mol. The number of nitrogens with zero attached hydrogens (tertiary/aromatic N) is 2. The standard InChI is InChI=1S/C20H19F2N3O4S/c1-2-28-16-6-3-14(4-7-16)18-8-10-20(25-24-18)29-12-11-23-30(26,27)19-9-5-15(21)13-17(19)22/h3-10,13,23H,2,11-12H2,1H3. The van der Waals surface area contributed by atoms with Gasteiger partial charge in [0.25, 0.3) is 0 Å². The highest BCUT2D eigenvalue weighted by atomic mass is 32.2. The molecule has 0 spiro atoms. The van der Waals surface area contributed by atoms with Gasteiger partial charge in [-0.3, -0.25) is 0 Å². The van der Waals surface area contributed by atoms with Crippen molar-refractivity contribution < 1.29 is 26.7 Å². The van der Waals surface area contributed by atoms with Crippen LogP contribution in [0.1, 0.15) is 6.92 Å². The van der Waals surface area contributed by atoms with Crippen molar-refractivity contribution in [2.45, 2.75) is 11.8 Å². The van der Waals surface area contributed by atoms with Crippen molar-refractivity contribution >= 4 is 10.0 Å². The first kappa shape index (κ1) is 21.6. The van der Waals surface area contributed by atoms with Gasteiger partial charge < -0.3 is 9.47 Å². The van der Waals surface area contributed by atoms with Gasteiger partial charge in [-0.05, 0) is 49.4 Å². The molecule has 0 saturated heterocycles. The van der Waals surface area contributed by atoms with Gasteiger partial charge in [0.2, 0.25) is 15.9 Å². The van der Waals surface area contributed by atoms with E-state index in [1.165, 1.54) is 0 Å². The van der Waals surface area contributed by atoms with Gasteiger partial charge in [0.15, 0.2) is 0 Å². The molecule has 10 heteroatoms. The topological polar surface area (TPSA) is 90.4 Å². The molecule has 0 unspecified atom stereocenters. The highest BCUT2D eigenvalue weighted by Gasteiger charge is 2.19. The summed E-state index contributed by atoms with van der Waals surface area (Å²) in [6, 6.07) is 12.9. The molecular formula is C20H19F2N3O4S. The van der Waals surface area contributed by atoms with E-state index in [-0.39, 0.29) is 19.0 Å². The molecule has 0 fully saturated rings. The first-order valence-corrected chi connectivity index (χ1v) is 10.5. The van der Waals surface area contributed by atoms with Crippen molar-refractivity contribution in [1.29, 1.82) is 0 Å². The fourth-order valence-corrected chi connectivity index (χ4v) is 3.61. The molecule has 0 aliphatic rings. The van der Waals surface area contributed by atoms with Crippen LogP contribution in [0.15, 0.2) is 59.5 Å². The molecule has 3 aromatic rings. The molecule has 158 valence electrons. The average molecular weight is 435 g/mol. The Kier molecular flexibility index (Phi) is 6.91. The minimum Gasteiger partial charge on any atom is -0.494 e. The monoisotopic (exact) mass is 435 g/mol. The second-order valence-electron chi connectivity index (χ2n) is 6.04. The summed E-state index contributed by atoms with van der Waals surface area (Å²) in [7, 11) is -4.13. The third-order valence-corrected chi connectivity index (χ3v) is 5.42. The van der Waals surface area contributed by atoms with Gasteiger partial charge in [0, 0.05) is 24.2 Å². The molecule has 0 aliphatic carbocycles. The maximum absolute atomic E-state index is 13.6. The van der Waals surface area contributed by atoms with E-state index in [1.807, 2.05) is 31.2 Å². The van der Waals surface area contributed by atoms with E-state index in [4.69, 9.17) is 9.47 Å². The summed E-state index contributed by atoms with van der Waals surface area (Å²) < 4.78 is 63.6. The second-order valence-corrected chi connectivity index (χ2v) is 7.77. The van der Waals surface area contributed by atoms with Crippen LogP contribution in [-0.2, 0) is 10.0 Å². The van der Waals surface area contributed by atoms with E-state index in [2.05, 4.69) is 14.9 Å². The van der Waals surface area contributed by atoms with Gasteiger partial charge in [-0.25, -0.2) is 21.9 Å². The second kappa shape index (κ2) is 9.59. The number of aromatic nitrogens is 2. The van der Waals surface area contributed by atoms with Crippen LogP contribution in [0.2, 0.25) is 0 Å². The summed E-state index contributed by atoms with van der Waals surface area (Å²) in [5.41, 5.74) is 1.49. The minimum absolute atomic E-state index is 0.0564. The summed E-state index contributed by atoms with van der Waals surface area (Å²) >= 11 is 0. The fraction of sp³-hybridized carbons (Fsp3) is 0.200. The number of hydrogen-bond acceptors (Lipinski definition) is 6. The molecule has 1 N–H and O–H groups in total. The Morgan fingerprint density at radius 2 is 1.73 bits per heavy atom. The highest BCUT2D eigenvalue weighted by Crippen LogP contribution is 2.21. The van der Waals surface area contributed by atoms with Crippen LogP contribution in [0.4, 0.5) is 8.78 Å². The van der Waals surface area contributed by atoms with Crippen LogP contribution in [0, 0.1) is 11.6 Å². The lowest BCUT2D eigenvalue weighted by molar-refractivity contribution is 0.307. The summed E-state index contributed by atoms with van der Waals surface area (Å²) in [5, 5.41) is 8.03. The Hall–Kier alpha value is -3.11. The number of halogens is 2. The Bertz CT molecular complexity index is 1090. The van der Waals surface area contributed by atoms with Crippen molar-refractivity contribution in [2.24, 2.45) is 0 Å². The zero-order valence-corrected chi connectivity index (χ0v) is 16.8. The summed E-state index contributed by atoms with van der Waals surface area (Å²) in [6.07, 6.45) is 0. The SMILES string of the molecule is CCOc1ccc(-c2ccc(OCCNS(=O)(=O)c3ccc(F)cc3F)nn2)cc1. The minimum atomic E-state index is -4.13. The Labute approximate surface area is 172 Å². The van der Waals surface area contributed by atoms with E-state index in [0.717, 1.165) is 23.4 Å².